The third-order valence-electron chi connectivity index (χ3n) is 3.40. The van der Waals surface area contributed by atoms with Gasteiger partial charge in [-0.2, -0.15) is 4.98 Å². The van der Waals surface area contributed by atoms with E-state index in [0.717, 1.165) is 39.6 Å². The van der Waals surface area contributed by atoms with Gasteiger partial charge in [-0.05, 0) is 53.9 Å². The summed E-state index contributed by atoms with van der Waals surface area (Å²) in [5, 5.41) is 0.732. The van der Waals surface area contributed by atoms with Gasteiger partial charge in [-0.15, -0.1) is 0 Å². The first-order chi connectivity index (χ1) is 12.0. The van der Waals surface area contributed by atoms with E-state index < -0.39 is 0 Å². The summed E-state index contributed by atoms with van der Waals surface area (Å²) in [7, 11) is 1.99. The Bertz CT molecular complexity index is 739. The van der Waals surface area contributed by atoms with Gasteiger partial charge in [0, 0.05) is 31.6 Å². The lowest BCUT2D eigenvalue weighted by Gasteiger charge is -2.12. The van der Waals surface area contributed by atoms with Crippen molar-refractivity contribution in [3.05, 3.63) is 34.4 Å². The average Bonchev–Trinajstić information content (AvgIpc) is 2.61. The molecule has 1 aromatic heterocycles. The van der Waals surface area contributed by atoms with Crippen molar-refractivity contribution in [2.75, 3.05) is 19.3 Å². The highest BCUT2D eigenvalue weighted by Crippen LogP contribution is 2.35. The molecule has 0 aliphatic heterocycles. The topological polar surface area (TPSA) is 50.6 Å². The molecule has 0 amide bonds. The fourth-order valence-electron chi connectivity index (χ4n) is 1.86. The Hall–Kier alpha value is -1.60. The second-order valence-electron chi connectivity index (χ2n) is 5.51. The molecule has 0 atom stereocenters. The van der Waals surface area contributed by atoms with Gasteiger partial charge in [-0.3, -0.25) is 0 Å². The van der Waals surface area contributed by atoms with Gasteiger partial charge < -0.3 is 9.64 Å². The summed E-state index contributed by atoms with van der Waals surface area (Å²) in [5.74, 6) is 2.24. The Labute approximate surface area is 162 Å². The van der Waals surface area contributed by atoms with E-state index in [9.17, 15) is 0 Å². The minimum atomic E-state index is 0.538. The Morgan fingerprint density at radius 2 is 2.16 bits per heavy atom. The van der Waals surface area contributed by atoms with Crippen molar-refractivity contribution in [3.8, 4) is 11.6 Å². The second kappa shape index (κ2) is 9.77. The third-order valence-corrected chi connectivity index (χ3v) is 5.09. The largest absolute Gasteiger partial charge is 0.438 e. The predicted molar refractivity (Wildman–Crippen MR) is 108 cm³/mol. The van der Waals surface area contributed by atoms with Gasteiger partial charge in [0.15, 0.2) is 5.16 Å². The summed E-state index contributed by atoms with van der Waals surface area (Å²) in [5.41, 5.74) is 1.94. The van der Waals surface area contributed by atoms with Crippen molar-refractivity contribution in [1.29, 1.82) is 0 Å². The maximum absolute atomic E-state index is 5.94. The number of aryl methyl sites for hydroxylation is 1. The van der Waals surface area contributed by atoms with Crippen LogP contribution in [0, 0.1) is 6.92 Å². The van der Waals surface area contributed by atoms with Crippen LogP contribution >= 0.6 is 27.7 Å². The monoisotopic (exact) mass is 422 g/mol. The first-order valence-corrected chi connectivity index (χ1v) is 9.99. The Balaban J connectivity index is 2.18. The molecule has 0 saturated carbocycles. The number of rotatable bonds is 8. The Kier molecular flexibility index (Phi) is 7.71. The van der Waals surface area contributed by atoms with Crippen molar-refractivity contribution in [3.63, 3.8) is 0 Å². The zero-order chi connectivity index (χ0) is 18.2. The van der Waals surface area contributed by atoms with Gasteiger partial charge in [-0.25, -0.2) is 9.98 Å². The van der Waals surface area contributed by atoms with E-state index in [-0.39, 0.29) is 0 Å². The van der Waals surface area contributed by atoms with Crippen LogP contribution in [0.25, 0.3) is 0 Å². The molecular formula is C18H23BrN4OS. The van der Waals surface area contributed by atoms with Crippen molar-refractivity contribution >= 4 is 39.7 Å². The van der Waals surface area contributed by atoms with Crippen molar-refractivity contribution in [1.82, 2.24) is 14.9 Å². The number of thioether (sulfide) groups is 1. The minimum Gasteiger partial charge on any atom is -0.438 e. The molecule has 0 radical (unpaired) electrons. The van der Waals surface area contributed by atoms with E-state index in [4.69, 9.17) is 4.74 Å². The van der Waals surface area contributed by atoms with Crippen LogP contribution < -0.4 is 4.74 Å². The molecule has 0 aliphatic carbocycles. The van der Waals surface area contributed by atoms with Gasteiger partial charge >= 0.3 is 0 Å². The molecule has 0 bridgehead atoms. The van der Waals surface area contributed by atoms with E-state index in [2.05, 4.69) is 44.7 Å². The normalized spacial score (nSPS) is 11.1. The van der Waals surface area contributed by atoms with Crippen LogP contribution in [0.5, 0.6) is 11.6 Å². The maximum Gasteiger partial charge on any atom is 0.223 e. The summed E-state index contributed by atoms with van der Waals surface area (Å²) in [6.45, 7) is 7.15. The second-order valence-corrected chi connectivity index (χ2v) is 7.43. The van der Waals surface area contributed by atoms with Gasteiger partial charge in [0.2, 0.25) is 5.88 Å². The maximum atomic E-state index is 5.94. The predicted octanol–water partition coefficient (Wildman–Crippen LogP) is 5.45. The van der Waals surface area contributed by atoms with Crippen LogP contribution in [-0.2, 0) is 0 Å². The fourth-order valence-corrected chi connectivity index (χ4v) is 2.95. The standard InChI is InChI=1S/C18H23BrN4OS/c1-5-9-25-18-20-8-7-17(22-18)24-16-10-13(3)15(11-14(16)19)21-12-23(4)6-2/h7-8,10-12H,5-6,9H2,1-4H3. The highest BCUT2D eigenvalue weighted by Gasteiger charge is 2.09. The van der Waals surface area contributed by atoms with Crippen molar-refractivity contribution in [2.45, 2.75) is 32.3 Å². The summed E-state index contributed by atoms with van der Waals surface area (Å²) in [4.78, 5) is 15.2. The van der Waals surface area contributed by atoms with E-state index in [1.54, 1.807) is 24.0 Å². The lowest BCUT2D eigenvalue weighted by atomic mass is 10.2. The van der Waals surface area contributed by atoms with Crippen molar-refractivity contribution in [2.24, 2.45) is 4.99 Å². The number of benzene rings is 1. The van der Waals surface area contributed by atoms with Gasteiger partial charge in [0.25, 0.3) is 0 Å². The molecule has 0 aliphatic rings. The zero-order valence-corrected chi connectivity index (χ0v) is 17.4. The fraction of sp³-hybridized carbons (Fsp3) is 0.389. The number of aliphatic imine (C=N–C) groups is 1. The van der Waals surface area contributed by atoms with Crippen LogP contribution in [0.1, 0.15) is 25.8 Å². The molecule has 7 heteroatoms. The minimum absolute atomic E-state index is 0.538. The van der Waals surface area contributed by atoms with Crippen LogP contribution in [-0.4, -0.2) is 40.6 Å². The smallest absolute Gasteiger partial charge is 0.223 e. The first-order valence-electron chi connectivity index (χ1n) is 8.21. The quantitative estimate of drug-likeness (QED) is 0.245. The lowest BCUT2D eigenvalue weighted by molar-refractivity contribution is 0.452. The van der Waals surface area contributed by atoms with Crippen molar-refractivity contribution < 1.29 is 4.74 Å². The molecule has 2 aromatic rings. The Morgan fingerprint density at radius 1 is 1.36 bits per heavy atom. The third kappa shape index (κ3) is 6.01. The number of hydrogen-bond donors (Lipinski definition) is 0. The number of hydrogen-bond acceptors (Lipinski definition) is 5. The number of ether oxygens (including phenoxy) is 1. The summed E-state index contributed by atoms with van der Waals surface area (Å²) >= 11 is 5.19. The molecule has 1 heterocycles. The van der Waals surface area contributed by atoms with E-state index in [1.165, 1.54) is 0 Å². The Morgan fingerprint density at radius 3 is 2.88 bits per heavy atom. The SMILES string of the molecule is CCCSc1nccc(Oc2cc(C)c(N=CN(C)CC)cc2Br)n1. The van der Waals surface area contributed by atoms with E-state index in [0.29, 0.717) is 11.6 Å². The van der Waals surface area contributed by atoms with Gasteiger partial charge in [-0.1, -0.05) is 18.7 Å². The summed E-state index contributed by atoms with van der Waals surface area (Å²) in [6, 6.07) is 5.68. The van der Waals surface area contributed by atoms with Crippen LogP contribution in [0.3, 0.4) is 0 Å². The number of aromatic nitrogens is 2. The zero-order valence-electron chi connectivity index (χ0n) is 15.0. The molecule has 1 aromatic carbocycles. The molecule has 2 rings (SSSR count). The van der Waals surface area contributed by atoms with Crippen LogP contribution in [0.2, 0.25) is 0 Å². The molecular weight excluding hydrogens is 400 g/mol. The molecule has 25 heavy (non-hydrogen) atoms. The molecule has 0 saturated heterocycles. The summed E-state index contributed by atoms with van der Waals surface area (Å²) < 4.78 is 6.78. The van der Waals surface area contributed by atoms with E-state index >= 15 is 0 Å². The highest BCUT2D eigenvalue weighted by atomic mass is 79.9. The molecule has 0 N–H and O–H groups in total. The lowest BCUT2D eigenvalue weighted by Crippen LogP contribution is -2.14. The molecule has 134 valence electrons. The van der Waals surface area contributed by atoms with Crippen LogP contribution in [0.15, 0.2) is 39.0 Å². The number of halogens is 1. The van der Waals surface area contributed by atoms with Crippen LogP contribution in [0.4, 0.5) is 5.69 Å². The van der Waals surface area contributed by atoms with Gasteiger partial charge in [0.05, 0.1) is 16.5 Å². The molecule has 0 fully saturated rings. The first kappa shape index (κ1) is 19.7. The van der Waals surface area contributed by atoms with Gasteiger partial charge in [0.1, 0.15) is 5.75 Å². The molecule has 5 nitrogen and oxygen atoms in total. The molecule has 0 spiro atoms. The average molecular weight is 423 g/mol. The number of nitrogens with zero attached hydrogens (tertiary/aromatic N) is 4. The molecule has 0 unspecified atom stereocenters. The van der Waals surface area contributed by atoms with E-state index in [1.807, 2.05) is 37.3 Å². The highest BCUT2D eigenvalue weighted by molar-refractivity contribution is 9.10. The summed E-state index contributed by atoms with van der Waals surface area (Å²) in [6.07, 6.45) is 4.64.